The van der Waals surface area contributed by atoms with Crippen molar-refractivity contribution in [3.8, 4) is 0 Å². The zero-order valence-electron chi connectivity index (χ0n) is 9.00. The second-order valence-corrected chi connectivity index (χ2v) is 4.79. The largest absolute Gasteiger partial charge is 0.380 e. The second kappa shape index (κ2) is 4.17. The summed E-state index contributed by atoms with van der Waals surface area (Å²) in [5.74, 6) is 0.836. The molecule has 0 aromatic rings. The Morgan fingerprint density at radius 3 is 2.79 bits per heavy atom. The van der Waals surface area contributed by atoms with Gasteiger partial charge >= 0.3 is 0 Å². The van der Waals surface area contributed by atoms with Crippen molar-refractivity contribution >= 4 is 0 Å². The van der Waals surface area contributed by atoms with Gasteiger partial charge in [-0.1, -0.05) is 0 Å². The highest BCUT2D eigenvalue weighted by Crippen LogP contribution is 2.35. The first-order valence-corrected chi connectivity index (χ1v) is 5.66. The number of hydrogen-bond donors (Lipinski definition) is 1. The van der Waals surface area contributed by atoms with E-state index >= 15 is 0 Å². The third kappa shape index (κ3) is 2.10. The highest BCUT2D eigenvalue weighted by atomic mass is 16.5. The molecule has 82 valence electrons. The first-order valence-electron chi connectivity index (χ1n) is 5.66. The van der Waals surface area contributed by atoms with Crippen LogP contribution >= 0.6 is 0 Å². The van der Waals surface area contributed by atoms with E-state index < -0.39 is 0 Å². The van der Waals surface area contributed by atoms with Gasteiger partial charge in [-0.3, -0.25) is 0 Å². The van der Waals surface area contributed by atoms with Crippen LogP contribution in [0, 0.1) is 11.3 Å². The maximum absolute atomic E-state index is 5.83. The van der Waals surface area contributed by atoms with Gasteiger partial charge in [0.05, 0.1) is 12.7 Å². The SMILES string of the molecule is CC1OCCC1(CN)COCC1CC1. The normalized spacial score (nSPS) is 37.7. The average Bonchev–Trinajstić information content (AvgIpc) is 2.93. The van der Waals surface area contributed by atoms with E-state index in [1.807, 2.05) is 0 Å². The van der Waals surface area contributed by atoms with E-state index in [0.29, 0.717) is 6.54 Å². The summed E-state index contributed by atoms with van der Waals surface area (Å²) in [6.45, 7) is 5.33. The van der Waals surface area contributed by atoms with E-state index in [4.69, 9.17) is 15.2 Å². The van der Waals surface area contributed by atoms with Crippen molar-refractivity contribution in [2.45, 2.75) is 32.3 Å². The highest BCUT2D eigenvalue weighted by molar-refractivity contribution is 4.90. The van der Waals surface area contributed by atoms with E-state index in [0.717, 1.165) is 32.2 Å². The van der Waals surface area contributed by atoms with E-state index in [2.05, 4.69) is 6.92 Å². The summed E-state index contributed by atoms with van der Waals surface area (Å²) in [7, 11) is 0. The fraction of sp³-hybridized carbons (Fsp3) is 1.00. The van der Waals surface area contributed by atoms with Gasteiger partial charge in [-0.15, -0.1) is 0 Å². The summed E-state index contributed by atoms with van der Waals surface area (Å²) in [4.78, 5) is 0. The van der Waals surface area contributed by atoms with Crippen molar-refractivity contribution in [3.05, 3.63) is 0 Å². The molecule has 2 fully saturated rings. The number of rotatable bonds is 5. The third-order valence-electron chi connectivity index (χ3n) is 3.68. The predicted octanol–water partition coefficient (Wildman–Crippen LogP) is 1.17. The molecule has 1 aliphatic carbocycles. The molecule has 2 rings (SSSR count). The molecule has 3 nitrogen and oxygen atoms in total. The molecule has 2 unspecified atom stereocenters. The second-order valence-electron chi connectivity index (χ2n) is 4.79. The van der Waals surface area contributed by atoms with Gasteiger partial charge < -0.3 is 15.2 Å². The summed E-state index contributed by atoms with van der Waals surface area (Å²) in [6, 6.07) is 0. The lowest BCUT2D eigenvalue weighted by Crippen LogP contribution is -2.41. The standard InChI is InChI=1S/C11H21NO2/c1-9-11(7-12,4-5-14-9)8-13-6-10-2-3-10/h9-10H,2-8,12H2,1H3. The first kappa shape index (κ1) is 10.4. The molecule has 2 aliphatic rings. The van der Waals surface area contributed by atoms with Crippen LogP contribution < -0.4 is 5.73 Å². The Labute approximate surface area is 85.9 Å². The Balaban J connectivity index is 1.78. The molecule has 2 atom stereocenters. The van der Waals surface area contributed by atoms with Gasteiger partial charge in [-0.25, -0.2) is 0 Å². The monoisotopic (exact) mass is 199 g/mol. The van der Waals surface area contributed by atoms with Crippen molar-refractivity contribution < 1.29 is 9.47 Å². The number of ether oxygens (including phenoxy) is 2. The van der Waals surface area contributed by atoms with Crippen molar-refractivity contribution in [1.29, 1.82) is 0 Å². The Kier molecular flexibility index (Phi) is 3.10. The Bertz CT molecular complexity index is 194. The molecule has 2 N–H and O–H groups in total. The lowest BCUT2D eigenvalue weighted by Gasteiger charge is -2.30. The predicted molar refractivity (Wildman–Crippen MR) is 55.1 cm³/mol. The van der Waals surface area contributed by atoms with Crippen molar-refractivity contribution in [2.75, 3.05) is 26.4 Å². The van der Waals surface area contributed by atoms with Gasteiger partial charge in [0.1, 0.15) is 0 Å². The minimum atomic E-state index is 0.0922. The average molecular weight is 199 g/mol. The van der Waals surface area contributed by atoms with E-state index in [1.54, 1.807) is 0 Å². The maximum atomic E-state index is 5.83. The molecular weight excluding hydrogens is 178 g/mol. The molecule has 0 radical (unpaired) electrons. The van der Waals surface area contributed by atoms with Crippen LogP contribution in [0.15, 0.2) is 0 Å². The van der Waals surface area contributed by atoms with E-state index in [9.17, 15) is 0 Å². The molecule has 1 heterocycles. The van der Waals surface area contributed by atoms with Gasteiger partial charge in [-0.2, -0.15) is 0 Å². The quantitative estimate of drug-likeness (QED) is 0.723. The van der Waals surface area contributed by atoms with Crippen LogP contribution in [-0.2, 0) is 9.47 Å². The van der Waals surface area contributed by atoms with Crippen molar-refractivity contribution in [3.63, 3.8) is 0 Å². The topological polar surface area (TPSA) is 44.5 Å². The summed E-state index contributed by atoms with van der Waals surface area (Å²) in [5.41, 5.74) is 5.92. The van der Waals surface area contributed by atoms with Crippen molar-refractivity contribution in [2.24, 2.45) is 17.1 Å². The number of nitrogens with two attached hydrogens (primary N) is 1. The Morgan fingerprint density at radius 2 is 2.29 bits per heavy atom. The minimum Gasteiger partial charge on any atom is -0.380 e. The van der Waals surface area contributed by atoms with E-state index in [1.165, 1.54) is 12.8 Å². The van der Waals surface area contributed by atoms with E-state index in [-0.39, 0.29) is 11.5 Å². The maximum Gasteiger partial charge on any atom is 0.0638 e. The summed E-state index contributed by atoms with van der Waals surface area (Å²) >= 11 is 0. The van der Waals surface area contributed by atoms with Crippen molar-refractivity contribution in [1.82, 2.24) is 0 Å². The fourth-order valence-electron chi connectivity index (χ4n) is 2.05. The van der Waals surface area contributed by atoms with Crippen LogP contribution in [0.3, 0.4) is 0 Å². The van der Waals surface area contributed by atoms with Crippen LogP contribution in [0.4, 0.5) is 0 Å². The zero-order chi connectivity index (χ0) is 10.0. The summed E-state index contributed by atoms with van der Waals surface area (Å²) in [6.07, 6.45) is 4.00. The van der Waals surface area contributed by atoms with Gasteiger partial charge in [0, 0.05) is 25.2 Å². The Hall–Kier alpha value is -0.120. The van der Waals surface area contributed by atoms with Gasteiger partial charge in [0.25, 0.3) is 0 Å². The van der Waals surface area contributed by atoms with Crippen LogP contribution in [-0.4, -0.2) is 32.5 Å². The molecule has 1 saturated heterocycles. The smallest absolute Gasteiger partial charge is 0.0638 e. The molecule has 0 bridgehead atoms. The lowest BCUT2D eigenvalue weighted by atomic mass is 9.83. The third-order valence-corrected chi connectivity index (χ3v) is 3.68. The molecular formula is C11H21NO2. The van der Waals surface area contributed by atoms with Crippen LogP contribution in [0.25, 0.3) is 0 Å². The molecule has 0 amide bonds. The highest BCUT2D eigenvalue weighted by Gasteiger charge is 2.40. The molecule has 0 spiro atoms. The molecule has 1 saturated carbocycles. The van der Waals surface area contributed by atoms with Crippen LogP contribution in [0.1, 0.15) is 26.2 Å². The molecule has 3 heteroatoms. The first-order chi connectivity index (χ1) is 6.77. The molecule has 14 heavy (non-hydrogen) atoms. The van der Waals surface area contributed by atoms with Gasteiger partial charge in [-0.05, 0) is 32.1 Å². The van der Waals surface area contributed by atoms with Crippen LogP contribution in [0.5, 0.6) is 0 Å². The Morgan fingerprint density at radius 1 is 1.50 bits per heavy atom. The molecule has 1 aliphatic heterocycles. The summed E-state index contributed by atoms with van der Waals surface area (Å²) in [5, 5.41) is 0. The van der Waals surface area contributed by atoms with Gasteiger partial charge in [0.15, 0.2) is 0 Å². The van der Waals surface area contributed by atoms with Crippen LogP contribution in [0.2, 0.25) is 0 Å². The molecule has 0 aromatic heterocycles. The molecule has 0 aromatic carbocycles. The number of hydrogen-bond acceptors (Lipinski definition) is 3. The lowest BCUT2D eigenvalue weighted by molar-refractivity contribution is -0.00478. The zero-order valence-corrected chi connectivity index (χ0v) is 9.00. The minimum absolute atomic E-state index is 0.0922. The summed E-state index contributed by atoms with van der Waals surface area (Å²) < 4.78 is 11.3. The fourth-order valence-corrected chi connectivity index (χ4v) is 2.05. The van der Waals surface area contributed by atoms with Gasteiger partial charge in [0.2, 0.25) is 0 Å².